The summed E-state index contributed by atoms with van der Waals surface area (Å²) in [5.41, 5.74) is 1.94. The van der Waals surface area contributed by atoms with Crippen molar-refractivity contribution in [3.63, 3.8) is 0 Å². The SMILES string of the molecule is Oc1nc(C2=CCCC=C2)cc2ccccc12. The van der Waals surface area contributed by atoms with Crippen molar-refractivity contribution in [1.82, 2.24) is 4.98 Å². The van der Waals surface area contributed by atoms with Gasteiger partial charge in [-0.1, -0.05) is 36.4 Å². The molecule has 2 aromatic rings. The molecule has 1 heterocycles. The molecule has 1 aliphatic carbocycles. The summed E-state index contributed by atoms with van der Waals surface area (Å²) in [5.74, 6) is 0.109. The highest BCUT2D eigenvalue weighted by atomic mass is 16.3. The van der Waals surface area contributed by atoms with Crippen LogP contribution in [-0.4, -0.2) is 10.1 Å². The molecule has 0 atom stereocenters. The Bertz CT molecular complexity index is 626. The molecule has 1 aliphatic rings. The van der Waals surface area contributed by atoms with Gasteiger partial charge in [-0.25, -0.2) is 4.98 Å². The van der Waals surface area contributed by atoms with Crippen LogP contribution in [0.2, 0.25) is 0 Å². The van der Waals surface area contributed by atoms with Crippen molar-refractivity contribution in [3.05, 3.63) is 54.3 Å². The predicted molar refractivity (Wildman–Crippen MR) is 69.8 cm³/mol. The summed E-state index contributed by atoms with van der Waals surface area (Å²) in [6, 6.07) is 9.77. The van der Waals surface area contributed by atoms with Crippen LogP contribution in [-0.2, 0) is 0 Å². The van der Waals surface area contributed by atoms with E-state index in [4.69, 9.17) is 0 Å². The van der Waals surface area contributed by atoms with Crippen molar-refractivity contribution >= 4 is 16.3 Å². The van der Waals surface area contributed by atoms with Crippen LogP contribution in [0.25, 0.3) is 16.3 Å². The van der Waals surface area contributed by atoms with E-state index in [0.29, 0.717) is 0 Å². The number of aromatic nitrogens is 1. The molecule has 1 N–H and O–H groups in total. The maximum Gasteiger partial charge on any atom is 0.219 e. The molecule has 0 aliphatic heterocycles. The lowest BCUT2D eigenvalue weighted by atomic mass is 10.0. The number of hydrogen-bond donors (Lipinski definition) is 1. The van der Waals surface area contributed by atoms with Crippen LogP contribution in [0.1, 0.15) is 18.5 Å². The zero-order valence-corrected chi connectivity index (χ0v) is 9.43. The number of hydrogen-bond acceptors (Lipinski definition) is 2. The first-order valence-electron chi connectivity index (χ1n) is 5.80. The van der Waals surface area contributed by atoms with E-state index in [-0.39, 0.29) is 5.88 Å². The topological polar surface area (TPSA) is 33.1 Å². The molecule has 3 rings (SSSR count). The summed E-state index contributed by atoms with van der Waals surface area (Å²) < 4.78 is 0. The molecule has 0 unspecified atom stereocenters. The van der Waals surface area contributed by atoms with Gasteiger partial charge in [0.25, 0.3) is 0 Å². The Morgan fingerprint density at radius 3 is 2.82 bits per heavy atom. The smallest absolute Gasteiger partial charge is 0.219 e. The predicted octanol–water partition coefficient (Wildman–Crippen LogP) is 3.67. The zero-order chi connectivity index (χ0) is 11.7. The molecule has 1 aromatic carbocycles. The first kappa shape index (κ1) is 10.1. The van der Waals surface area contributed by atoms with Crippen LogP contribution < -0.4 is 0 Å². The molecule has 0 fully saturated rings. The fourth-order valence-electron chi connectivity index (χ4n) is 2.13. The van der Waals surface area contributed by atoms with E-state index in [1.165, 1.54) is 0 Å². The average Bonchev–Trinajstić information content (AvgIpc) is 2.40. The minimum absolute atomic E-state index is 0.109. The lowest BCUT2D eigenvalue weighted by molar-refractivity contribution is 0.460. The van der Waals surface area contributed by atoms with E-state index >= 15 is 0 Å². The van der Waals surface area contributed by atoms with Gasteiger partial charge in [-0.2, -0.15) is 0 Å². The van der Waals surface area contributed by atoms with Gasteiger partial charge in [0.2, 0.25) is 5.88 Å². The lowest BCUT2D eigenvalue weighted by Crippen LogP contribution is -1.91. The van der Waals surface area contributed by atoms with Gasteiger partial charge in [-0.3, -0.25) is 0 Å². The fraction of sp³-hybridized carbons (Fsp3) is 0.133. The van der Waals surface area contributed by atoms with Crippen LogP contribution in [0.15, 0.2) is 48.6 Å². The molecule has 0 bridgehead atoms. The second-order valence-corrected chi connectivity index (χ2v) is 4.19. The van der Waals surface area contributed by atoms with Gasteiger partial charge in [0.15, 0.2) is 0 Å². The van der Waals surface area contributed by atoms with Gasteiger partial charge in [0.05, 0.1) is 5.69 Å². The molecule has 0 radical (unpaired) electrons. The number of pyridine rings is 1. The zero-order valence-electron chi connectivity index (χ0n) is 9.43. The van der Waals surface area contributed by atoms with Crippen molar-refractivity contribution in [2.75, 3.05) is 0 Å². The van der Waals surface area contributed by atoms with Crippen molar-refractivity contribution in [1.29, 1.82) is 0 Å². The maximum atomic E-state index is 9.92. The number of allylic oxidation sites excluding steroid dienone is 4. The van der Waals surface area contributed by atoms with Gasteiger partial charge in [0, 0.05) is 5.39 Å². The van der Waals surface area contributed by atoms with Gasteiger partial charge in [-0.05, 0) is 35.9 Å². The van der Waals surface area contributed by atoms with E-state index in [1.807, 2.05) is 30.3 Å². The van der Waals surface area contributed by atoms with Crippen LogP contribution in [0, 0.1) is 0 Å². The van der Waals surface area contributed by atoms with Crippen LogP contribution in [0.5, 0.6) is 5.88 Å². The van der Waals surface area contributed by atoms with E-state index in [2.05, 4.69) is 23.2 Å². The Kier molecular flexibility index (Phi) is 2.41. The number of fused-ring (bicyclic) bond motifs is 1. The van der Waals surface area contributed by atoms with Gasteiger partial charge in [0.1, 0.15) is 0 Å². The highest BCUT2D eigenvalue weighted by Gasteiger charge is 2.07. The second-order valence-electron chi connectivity index (χ2n) is 4.19. The minimum atomic E-state index is 0.109. The van der Waals surface area contributed by atoms with E-state index in [0.717, 1.165) is 34.9 Å². The van der Waals surface area contributed by atoms with E-state index in [1.54, 1.807) is 0 Å². The third-order valence-electron chi connectivity index (χ3n) is 3.01. The van der Waals surface area contributed by atoms with Crippen molar-refractivity contribution in [3.8, 4) is 5.88 Å². The normalized spacial score (nSPS) is 14.9. The molecule has 84 valence electrons. The Morgan fingerprint density at radius 1 is 1.12 bits per heavy atom. The third-order valence-corrected chi connectivity index (χ3v) is 3.01. The van der Waals surface area contributed by atoms with Crippen LogP contribution >= 0.6 is 0 Å². The summed E-state index contributed by atoms with van der Waals surface area (Å²) in [6.45, 7) is 0. The molecular formula is C15H13NO. The molecule has 0 saturated heterocycles. The Morgan fingerprint density at radius 2 is 2.00 bits per heavy atom. The number of benzene rings is 1. The minimum Gasteiger partial charge on any atom is -0.493 e. The Balaban J connectivity index is 2.18. The van der Waals surface area contributed by atoms with Crippen LogP contribution in [0.3, 0.4) is 0 Å². The quantitative estimate of drug-likeness (QED) is 0.800. The molecule has 0 amide bonds. The largest absolute Gasteiger partial charge is 0.493 e. The first-order valence-corrected chi connectivity index (χ1v) is 5.80. The maximum absolute atomic E-state index is 9.92. The number of rotatable bonds is 1. The highest BCUT2D eigenvalue weighted by molar-refractivity contribution is 5.90. The van der Waals surface area contributed by atoms with Crippen molar-refractivity contribution < 1.29 is 5.11 Å². The van der Waals surface area contributed by atoms with Crippen molar-refractivity contribution in [2.45, 2.75) is 12.8 Å². The van der Waals surface area contributed by atoms with Crippen LogP contribution in [0.4, 0.5) is 0 Å². The molecule has 0 saturated carbocycles. The van der Waals surface area contributed by atoms with E-state index < -0.39 is 0 Å². The monoisotopic (exact) mass is 223 g/mol. The van der Waals surface area contributed by atoms with E-state index in [9.17, 15) is 5.11 Å². The first-order chi connectivity index (χ1) is 8.34. The van der Waals surface area contributed by atoms with Gasteiger partial charge < -0.3 is 5.11 Å². The second kappa shape index (κ2) is 4.06. The molecule has 0 spiro atoms. The number of nitrogens with zero attached hydrogens (tertiary/aromatic N) is 1. The van der Waals surface area contributed by atoms with Gasteiger partial charge >= 0.3 is 0 Å². The summed E-state index contributed by atoms with van der Waals surface area (Å²) in [7, 11) is 0. The summed E-state index contributed by atoms with van der Waals surface area (Å²) in [6.07, 6.45) is 8.50. The standard InChI is InChI=1S/C15H13NO/c17-15-13-9-5-4-8-12(13)10-14(16-15)11-6-2-1-3-7-11/h2,4-10H,1,3H2,(H,16,17). The summed E-state index contributed by atoms with van der Waals surface area (Å²) >= 11 is 0. The van der Waals surface area contributed by atoms with Gasteiger partial charge in [-0.15, -0.1) is 0 Å². The third kappa shape index (κ3) is 1.82. The summed E-state index contributed by atoms with van der Waals surface area (Å²) in [5, 5.41) is 11.7. The number of aromatic hydroxyl groups is 1. The molecule has 2 nitrogen and oxygen atoms in total. The molecule has 1 aromatic heterocycles. The summed E-state index contributed by atoms with van der Waals surface area (Å²) in [4.78, 5) is 4.26. The average molecular weight is 223 g/mol. The Hall–Kier alpha value is -2.09. The lowest BCUT2D eigenvalue weighted by Gasteiger charge is -2.08. The van der Waals surface area contributed by atoms with Crippen molar-refractivity contribution in [2.24, 2.45) is 0 Å². The highest BCUT2D eigenvalue weighted by Crippen LogP contribution is 2.28. The molecule has 17 heavy (non-hydrogen) atoms. The molecule has 2 heteroatoms. The fourth-order valence-corrected chi connectivity index (χ4v) is 2.13. The Labute approximate surface area is 99.9 Å². The molecular weight excluding hydrogens is 210 g/mol.